The fourth-order valence-electron chi connectivity index (χ4n) is 1.11. The number of sulfone groups is 1. The molecule has 5 nitrogen and oxygen atoms in total. The van der Waals surface area contributed by atoms with Crippen LogP contribution in [0.5, 0.6) is 0 Å². The Hall–Kier alpha value is -1.09. The zero-order chi connectivity index (χ0) is 12.1. The molecule has 0 aliphatic heterocycles. The molecule has 0 saturated carbocycles. The number of hydrogen-bond acceptors (Lipinski definition) is 5. The van der Waals surface area contributed by atoms with Crippen LogP contribution in [0.4, 0.5) is 0 Å². The van der Waals surface area contributed by atoms with Gasteiger partial charge in [-0.05, 0) is 13.3 Å². The van der Waals surface area contributed by atoms with Crippen LogP contribution < -0.4 is 0 Å². The normalized spacial score (nSPS) is 15.1. The van der Waals surface area contributed by atoms with Crippen molar-refractivity contribution in [3.63, 3.8) is 0 Å². The van der Waals surface area contributed by atoms with Crippen LogP contribution in [0.3, 0.4) is 0 Å². The van der Waals surface area contributed by atoms with Gasteiger partial charge in [0.2, 0.25) is 0 Å². The molecule has 0 saturated heterocycles. The lowest BCUT2D eigenvalue weighted by molar-refractivity contribution is -0.140. The summed E-state index contributed by atoms with van der Waals surface area (Å²) in [7, 11) is -2.37. The lowest BCUT2D eigenvalue weighted by Gasteiger charge is -2.14. The van der Waals surface area contributed by atoms with Crippen LogP contribution in [-0.2, 0) is 19.4 Å². The van der Waals surface area contributed by atoms with E-state index in [4.69, 9.17) is 5.26 Å². The number of nitrogens with zero attached hydrogens (tertiary/aromatic N) is 1. The van der Waals surface area contributed by atoms with Crippen LogP contribution in [-0.4, -0.2) is 32.0 Å². The average Bonchev–Trinajstić information content (AvgIpc) is 2.18. The number of nitriles is 1. The molecule has 0 fully saturated rings. The molecule has 0 amide bonds. The van der Waals surface area contributed by atoms with E-state index < -0.39 is 26.3 Å². The number of carbonyl (C=O) groups excluding carboxylic acids is 1. The zero-order valence-electron chi connectivity index (χ0n) is 9.06. The Morgan fingerprint density at radius 2 is 2.07 bits per heavy atom. The van der Waals surface area contributed by atoms with E-state index in [-0.39, 0.29) is 12.8 Å². The minimum absolute atomic E-state index is 0.211. The standard InChI is InChI=1S/C9H15NO4S/c1-4-8(6-10)15(12,13)7(2)5-9(11)14-3/h7-8H,4-5H2,1-3H3. The Morgan fingerprint density at radius 3 is 2.40 bits per heavy atom. The monoisotopic (exact) mass is 233 g/mol. The molecule has 0 rings (SSSR count). The summed E-state index contributed by atoms with van der Waals surface area (Å²) in [6, 6.07) is 1.72. The first-order valence-corrected chi connectivity index (χ1v) is 6.20. The summed E-state index contributed by atoms with van der Waals surface area (Å²) in [6.45, 7) is 3.03. The van der Waals surface area contributed by atoms with Gasteiger partial charge in [-0.15, -0.1) is 0 Å². The van der Waals surface area contributed by atoms with Crippen molar-refractivity contribution in [3.05, 3.63) is 0 Å². The molecule has 0 bridgehead atoms. The predicted octanol–water partition coefficient (Wildman–Crippen LogP) is 0.655. The first kappa shape index (κ1) is 13.9. The summed E-state index contributed by atoms with van der Waals surface area (Å²) in [4.78, 5) is 10.9. The van der Waals surface area contributed by atoms with Gasteiger partial charge in [0.25, 0.3) is 0 Å². The van der Waals surface area contributed by atoms with Gasteiger partial charge in [-0.1, -0.05) is 6.92 Å². The van der Waals surface area contributed by atoms with Crippen LogP contribution in [0.2, 0.25) is 0 Å². The molecule has 0 aromatic carbocycles. The van der Waals surface area contributed by atoms with Crippen LogP contribution in [0.15, 0.2) is 0 Å². The molecule has 2 unspecified atom stereocenters. The van der Waals surface area contributed by atoms with Gasteiger partial charge < -0.3 is 4.74 Å². The van der Waals surface area contributed by atoms with E-state index in [1.807, 2.05) is 0 Å². The molecular formula is C9H15NO4S. The first-order valence-electron chi connectivity index (χ1n) is 4.59. The number of methoxy groups -OCH3 is 1. The van der Waals surface area contributed by atoms with Crippen molar-refractivity contribution in [2.24, 2.45) is 0 Å². The van der Waals surface area contributed by atoms with Crippen molar-refractivity contribution in [1.82, 2.24) is 0 Å². The number of hydrogen-bond donors (Lipinski definition) is 0. The number of carbonyl (C=O) groups is 1. The molecule has 0 aromatic heterocycles. The Labute approximate surface area is 90.0 Å². The molecule has 0 aliphatic rings. The van der Waals surface area contributed by atoms with Gasteiger partial charge in [0.15, 0.2) is 9.84 Å². The Bertz CT molecular complexity index is 355. The minimum Gasteiger partial charge on any atom is -0.469 e. The Kier molecular flexibility index (Phi) is 5.29. The summed E-state index contributed by atoms with van der Waals surface area (Å²) in [6.07, 6.45) is 0.0152. The molecule has 2 atom stereocenters. The number of rotatable bonds is 5. The van der Waals surface area contributed by atoms with E-state index in [9.17, 15) is 13.2 Å². The van der Waals surface area contributed by atoms with Crippen molar-refractivity contribution >= 4 is 15.8 Å². The molecular weight excluding hydrogens is 218 g/mol. The van der Waals surface area contributed by atoms with E-state index in [2.05, 4.69) is 4.74 Å². The van der Waals surface area contributed by atoms with Crippen molar-refractivity contribution in [2.45, 2.75) is 37.2 Å². The Balaban J connectivity index is 4.75. The van der Waals surface area contributed by atoms with Crippen LogP contribution >= 0.6 is 0 Å². The third-order valence-electron chi connectivity index (χ3n) is 2.15. The molecule has 0 heterocycles. The fourth-order valence-corrected chi connectivity index (χ4v) is 2.65. The van der Waals surface area contributed by atoms with Crippen LogP contribution in [0.25, 0.3) is 0 Å². The second-order valence-corrected chi connectivity index (χ2v) is 5.76. The summed E-state index contributed by atoms with van der Waals surface area (Å²) in [5.74, 6) is -0.584. The zero-order valence-corrected chi connectivity index (χ0v) is 9.87. The SMILES string of the molecule is CCC(C#N)S(=O)(=O)C(C)CC(=O)OC. The largest absolute Gasteiger partial charge is 0.469 e. The van der Waals surface area contributed by atoms with Gasteiger partial charge in [-0.3, -0.25) is 4.79 Å². The van der Waals surface area contributed by atoms with Gasteiger partial charge in [0.05, 0.1) is 24.8 Å². The minimum atomic E-state index is -3.57. The molecule has 0 spiro atoms. The predicted molar refractivity (Wildman–Crippen MR) is 54.7 cm³/mol. The van der Waals surface area contributed by atoms with Gasteiger partial charge >= 0.3 is 5.97 Å². The highest BCUT2D eigenvalue weighted by molar-refractivity contribution is 7.92. The summed E-state index contributed by atoms with van der Waals surface area (Å²) in [5.41, 5.74) is 0. The summed E-state index contributed by atoms with van der Waals surface area (Å²) in [5, 5.41) is 6.73. The molecule has 86 valence electrons. The molecule has 0 aliphatic carbocycles. The maximum Gasteiger partial charge on any atom is 0.306 e. The van der Waals surface area contributed by atoms with Crippen molar-refractivity contribution < 1.29 is 17.9 Å². The van der Waals surface area contributed by atoms with E-state index in [1.54, 1.807) is 13.0 Å². The molecule has 0 aromatic rings. The number of esters is 1. The van der Waals surface area contributed by atoms with E-state index >= 15 is 0 Å². The second-order valence-electron chi connectivity index (χ2n) is 3.21. The maximum absolute atomic E-state index is 11.7. The lowest BCUT2D eigenvalue weighted by atomic mass is 10.3. The average molecular weight is 233 g/mol. The van der Waals surface area contributed by atoms with Gasteiger partial charge in [0.1, 0.15) is 5.25 Å². The van der Waals surface area contributed by atoms with E-state index in [1.165, 1.54) is 14.0 Å². The van der Waals surface area contributed by atoms with Gasteiger partial charge in [0, 0.05) is 0 Å². The third-order valence-corrected chi connectivity index (χ3v) is 4.67. The molecule has 15 heavy (non-hydrogen) atoms. The van der Waals surface area contributed by atoms with E-state index in [0.29, 0.717) is 0 Å². The third kappa shape index (κ3) is 3.51. The highest BCUT2D eigenvalue weighted by atomic mass is 32.2. The second kappa shape index (κ2) is 5.71. The first-order chi connectivity index (χ1) is 6.89. The number of ether oxygens (including phenoxy) is 1. The summed E-state index contributed by atoms with van der Waals surface area (Å²) >= 11 is 0. The highest BCUT2D eigenvalue weighted by Gasteiger charge is 2.31. The van der Waals surface area contributed by atoms with Gasteiger partial charge in [-0.2, -0.15) is 5.26 Å². The Morgan fingerprint density at radius 1 is 1.53 bits per heavy atom. The highest BCUT2D eigenvalue weighted by Crippen LogP contribution is 2.15. The summed E-state index contributed by atoms with van der Waals surface area (Å²) < 4.78 is 27.8. The maximum atomic E-state index is 11.7. The fraction of sp³-hybridized carbons (Fsp3) is 0.778. The smallest absolute Gasteiger partial charge is 0.306 e. The van der Waals surface area contributed by atoms with Crippen molar-refractivity contribution in [1.29, 1.82) is 5.26 Å². The van der Waals surface area contributed by atoms with E-state index in [0.717, 1.165) is 0 Å². The van der Waals surface area contributed by atoms with Gasteiger partial charge in [-0.25, -0.2) is 8.42 Å². The molecule has 0 radical (unpaired) electrons. The quantitative estimate of drug-likeness (QED) is 0.651. The van der Waals surface area contributed by atoms with Crippen molar-refractivity contribution in [3.8, 4) is 6.07 Å². The molecule has 6 heteroatoms. The topological polar surface area (TPSA) is 84.2 Å². The lowest BCUT2D eigenvalue weighted by Crippen LogP contribution is -2.30. The van der Waals surface area contributed by atoms with Crippen LogP contribution in [0, 0.1) is 11.3 Å². The molecule has 0 N–H and O–H groups in total. The van der Waals surface area contributed by atoms with Crippen molar-refractivity contribution in [2.75, 3.05) is 7.11 Å². The van der Waals surface area contributed by atoms with Crippen LogP contribution in [0.1, 0.15) is 26.7 Å².